The van der Waals surface area contributed by atoms with Crippen molar-refractivity contribution in [2.45, 2.75) is 12.5 Å². The average Bonchev–Trinajstić information content (AvgIpc) is 3.29. The summed E-state index contributed by atoms with van der Waals surface area (Å²) in [7, 11) is 0. The van der Waals surface area contributed by atoms with E-state index in [9.17, 15) is 14.7 Å². The molecule has 1 aromatic carbocycles. The number of amides is 1. The number of pyridine rings is 2. The summed E-state index contributed by atoms with van der Waals surface area (Å²) < 4.78 is 1.32. The first-order chi connectivity index (χ1) is 17.4. The molecule has 1 amide bonds. The summed E-state index contributed by atoms with van der Waals surface area (Å²) in [6.45, 7) is 2.31. The van der Waals surface area contributed by atoms with Crippen molar-refractivity contribution < 1.29 is 9.90 Å². The fourth-order valence-electron chi connectivity index (χ4n) is 4.28. The highest BCUT2D eigenvalue weighted by atomic mass is 35.5. The predicted octanol–water partition coefficient (Wildman–Crippen LogP) is 1.87. The fourth-order valence-corrected chi connectivity index (χ4v) is 4.56. The highest BCUT2D eigenvalue weighted by molar-refractivity contribution is 6.35. The Morgan fingerprint density at radius 3 is 2.86 bits per heavy atom. The lowest BCUT2D eigenvalue weighted by Crippen LogP contribution is -2.35. The Morgan fingerprint density at radius 1 is 1.22 bits per heavy atom. The number of nitrogens with zero attached hydrogens (tertiary/aromatic N) is 5. The number of nitrogen functional groups attached to an aromatic ring is 1. The number of aliphatic hydroxyl groups excluding tert-OH is 1. The van der Waals surface area contributed by atoms with Crippen molar-refractivity contribution in [1.29, 1.82) is 0 Å². The van der Waals surface area contributed by atoms with Crippen molar-refractivity contribution in [3.05, 3.63) is 75.9 Å². The van der Waals surface area contributed by atoms with E-state index in [-0.39, 0.29) is 34.7 Å². The van der Waals surface area contributed by atoms with Gasteiger partial charge in [0.1, 0.15) is 5.69 Å². The molecule has 1 aliphatic rings. The number of rotatable bonds is 6. The van der Waals surface area contributed by atoms with E-state index in [2.05, 4.69) is 25.2 Å². The number of carbonyl (C=O) groups excluding carboxylic acids is 1. The van der Waals surface area contributed by atoms with Gasteiger partial charge in [0.05, 0.1) is 16.6 Å². The molecule has 1 unspecified atom stereocenters. The van der Waals surface area contributed by atoms with Gasteiger partial charge >= 0.3 is 0 Å². The van der Waals surface area contributed by atoms with Gasteiger partial charge in [0.25, 0.3) is 11.5 Å². The van der Waals surface area contributed by atoms with Crippen LogP contribution in [0.4, 0.5) is 5.82 Å². The summed E-state index contributed by atoms with van der Waals surface area (Å²) in [5.41, 5.74) is 7.23. The summed E-state index contributed by atoms with van der Waals surface area (Å²) in [6, 6.07) is 11.9. The van der Waals surface area contributed by atoms with E-state index in [0.29, 0.717) is 35.7 Å². The molecule has 10 nitrogen and oxygen atoms in total. The number of β-amino-alcohol motifs (C(OH)–C–C–N with tert-alkyl or cyclic N) is 1. The smallest absolute Gasteiger partial charge is 0.273 e. The van der Waals surface area contributed by atoms with Crippen LogP contribution in [0.5, 0.6) is 0 Å². The molecule has 3 aromatic heterocycles. The average molecular weight is 506 g/mol. The van der Waals surface area contributed by atoms with Crippen molar-refractivity contribution in [2.24, 2.45) is 0 Å². The Morgan fingerprint density at radius 2 is 2.08 bits per heavy atom. The minimum atomic E-state index is -0.485. The predicted molar refractivity (Wildman–Crippen MR) is 137 cm³/mol. The molecule has 11 heteroatoms. The van der Waals surface area contributed by atoms with Crippen LogP contribution in [-0.4, -0.2) is 67.7 Å². The Kier molecular flexibility index (Phi) is 6.64. The SMILES string of the molecule is Nc1nc(-n2ccccc2=O)c(-c2cc(Cl)c3ncccc3c2)nc1C(=O)NCCN1CCC(O)C1. The van der Waals surface area contributed by atoms with Gasteiger partial charge in [-0.3, -0.25) is 24.0 Å². The Labute approximate surface area is 211 Å². The monoisotopic (exact) mass is 505 g/mol. The number of hydrogen-bond acceptors (Lipinski definition) is 8. The lowest BCUT2D eigenvalue weighted by molar-refractivity contribution is 0.0944. The first-order valence-corrected chi connectivity index (χ1v) is 11.9. The van der Waals surface area contributed by atoms with Crippen molar-refractivity contribution in [1.82, 2.24) is 29.7 Å². The van der Waals surface area contributed by atoms with E-state index >= 15 is 0 Å². The van der Waals surface area contributed by atoms with Crippen LogP contribution in [0.25, 0.3) is 28.0 Å². The molecule has 1 atom stereocenters. The minimum absolute atomic E-state index is 0.0541. The van der Waals surface area contributed by atoms with Crippen LogP contribution in [0, 0.1) is 0 Å². The van der Waals surface area contributed by atoms with Gasteiger partial charge in [0, 0.05) is 55.6 Å². The highest BCUT2D eigenvalue weighted by Gasteiger charge is 2.23. The van der Waals surface area contributed by atoms with Crippen LogP contribution in [0.15, 0.2) is 59.7 Å². The van der Waals surface area contributed by atoms with E-state index in [4.69, 9.17) is 17.3 Å². The van der Waals surface area contributed by atoms with Gasteiger partial charge in [0.2, 0.25) is 0 Å². The number of nitrogens with two attached hydrogens (primary N) is 1. The van der Waals surface area contributed by atoms with Crippen LogP contribution in [0.2, 0.25) is 5.02 Å². The van der Waals surface area contributed by atoms with Gasteiger partial charge in [-0.15, -0.1) is 0 Å². The number of anilines is 1. The summed E-state index contributed by atoms with van der Waals surface area (Å²) in [4.78, 5) is 41.0. The molecule has 4 heterocycles. The van der Waals surface area contributed by atoms with Crippen molar-refractivity contribution >= 4 is 34.2 Å². The molecule has 5 rings (SSSR count). The lowest BCUT2D eigenvalue weighted by atomic mass is 10.1. The molecule has 0 aliphatic carbocycles. The number of aromatic nitrogens is 4. The first-order valence-electron chi connectivity index (χ1n) is 11.5. The van der Waals surface area contributed by atoms with Crippen LogP contribution in [0.1, 0.15) is 16.9 Å². The molecule has 4 aromatic rings. The molecular weight excluding hydrogens is 482 g/mol. The summed E-state index contributed by atoms with van der Waals surface area (Å²) in [6.07, 6.45) is 3.60. The molecular formula is C25H24ClN7O3. The second kappa shape index (κ2) is 10.0. The maximum Gasteiger partial charge on any atom is 0.273 e. The van der Waals surface area contributed by atoms with Gasteiger partial charge in [0.15, 0.2) is 17.3 Å². The number of benzene rings is 1. The summed E-state index contributed by atoms with van der Waals surface area (Å²) in [5.74, 6) is -0.409. The molecule has 36 heavy (non-hydrogen) atoms. The topological polar surface area (TPSA) is 139 Å². The highest BCUT2D eigenvalue weighted by Crippen LogP contribution is 2.32. The number of likely N-dealkylation sites (tertiary alicyclic amines) is 1. The summed E-state index contributed by atoms with van der Waals surface area (Å²) >= 11 is 6.51. The third-order valence-corrected chi connectivity index (χ3v) is 6.35. The van der Waals surface area contributed by atoms with Crippen molar-refractivity contribution in [3.63, 3.8) is 0 Å². The molecule has 184 valence electrons. The normalized spacial score (nSPS) is 15.9. The number of carbonyl (C=O) groups is 1. The molecule has 1 fully saturated rings. The van der Waals surface area contributed by atoms with E-state index in [1.54, 1.807) is 36.7 Å². The molecule has 0 bridgehead atoms. The van der Waals surface area contributed by atoms with Crippen molar-refractivity contribution in [2.75, 3.05) is 31.9 Å². The molecule has 1 aliphatic heterocycles. The summed E-state index contributed by atoms with van der Waals surface area (Å²) in [5, 5.41) is 13.7. The second-order valence-electron chi connectivity index (χ2n) is 8.57. The third kappa shape index (κ3) is 4.78. The Hall–Kier alpha value is -3.86. The lowest BCUT2D eigenvalue weighted by Gasteiger charge is -2.16. The minimum Gasteiger partial charge on any atom is -0.392 e. The zero-order valence-electron chi connectivity index (χ0n) is 19.3. The van der Waals surface area contributed by atoms with E-state index in [1.165, 1.54) is 10.6 Å². The van der Waals surface area contributed by atoms with Gasteiger partial charge < -0.3 is 16.2 Å². The van der Waals surface area contributed by atoms with E-state index < -0.39 is 5.91 Å². The van der Waals surface area contributed by atoms with Crippen LogP contribution in [0.3, 0.4) is 0 Å². The number of aliphatic hydroxyl groups is 1. The zero-order valence-corrected chi connectivity index (χ0v) is 20.0. The standard InChI is InChI=1S/C25H24ClN7O3/c26-18-13-16(12-15-4-3-7-28-20(15)18)21-24(33-9-2-1-5-19(33)35)31-23(27)22(30-21)25(36)29-8-11-32-10-6-17(34)14-32/h1-5,7,9,12-13,17,34H,6,8,10-11,14H2,(H2,27,31)(H,29,36). The van der Waals surface area contributed by atoms with Gasteiger partial charge in [-0.05, 0) is 30.7 Å². The maximum absolute atomic E-state index is 13.0. The van der Waals surface area contributed by atoms with Crippen LogP contribution in [-0.2, 0) is 0 Å². The number of hydrogen-bond donors (Lipinski definition) is 3. The number of halogens is 1. The van der Waals surface area contributed by atoms with Gasteiger partial charge in [-0.25, -0.2) is 9.97 Å². The zero-order chi connectivity index (χ0) is 25.2. The number of nitrogens with one attached hydrogen (secondary N) is 1. The first kappa shape index (κ1) is 23.9. The maximum atomic E-state index is 13.0. The van der Waals surface area contributed by atoms with E-state index in [1.807, 2.05) is 12.1 Å². The quantitative estimate of drug-likeness (QED) is 0.361. The Balaban J connectivity index is 1.55. The third-order valence-electron chi connectivity index (χ3n) is 6.06. The molecule has 0 radical (unpaired) electrons. The van der Waals surface area contributed by atoms with Gasteiger partial charge in [-0.1, -0.05) is 23.7 Å². The molecule has 1 saturated heterocycles. The molecule has 0 spiro atoms. The second-order valence-corrected chi connectivity index (χ2v) is 8.98. The Bertz CT molecular complexity index is 1510. The number of fused-ring (bicyclic) bond motifs is 1. The molecule has 0 saturated carbocycles. The van der Waals surface area contributed by atoms with E-state index in [0.717, 1.165) is 18.4 Å². The fraction of sp³-hybridized carbons (Fsp3) is 0.240. The largest absolute Gasteiger partial charge is 0.392 e. The van der Waals surface area contributed by atoms with Crippen molar-refractivity contribution in [3.8, 4) is 17.1 Å². The van der Waals surface area contributed by atoms with Gasteiger partial charge in [-0.2, -0.15) is 0 Å². The van der Waals surface area contributed by atoms with Crippen LogP contribution < -0.4 is 16.6 Å². The van der Waals surface area contributed by atoms with Crippen LogP contribution >= 0.6 is 11.6 Å². The molecule has 4 N–H and O–H groups in total.